The molecule has 0 unspecified atom stereocenters. The zero-order valence-electron chi connectivity index (χ0n) is 11.4. The van der Waals surface area contributed by atoms with Gasteiger partial charge in [0.2, 0.25) is 0 Å². The molecule has 0 aromatic heterocycles. The molecule has 0 fully saturated rings. The number of amides is 1. The third-order valence-electron chi connectivity index (χ3n) is 3.08. The molecule has 0 aliphatic carbocycles. The van der Waals surface area contributed by atoms with Crippen molar-refractivity contribution in [3.63, 3.8) is 0 Å². The molecule has 0 N–H and O–H groups in total. The first-order valence-corrected chi connectivity index (χ1v) is 6.48. The third-order valence-corrected chi connectivity index (χ3v) is 3.08. The molecule has 1 aliphatic heterocycles. The van der Waals surface area contributed by atoms with Crippen molar-refractivity contribution < 1.29 is 9.53 Å². The van der Waals surface area contributed by atoms with Crippen LogP contribution < -0.4 is 0 Å². The van der Waals surface area contributed by atoms with Gasteiger partial charge in [-0.05, 0) is 38.8 Å². The zero-order chi connectivity index (χ0) is 13.2. The van der Waals surface area contributed by atoms with Crippen molar-refractivity contribution in [2.45, 2.75) is 32.8 Å². The van der Waals surface area contributed by atoms with Crippen LogP contribution in [0.15, 0.2) is 24.3 Å². The summed E-state index contributed by atoms with van der Waals surface area (Å²) in [7, 11) is 0. The van der Waals surface area contributed by atoms with Gasteiger partial charge in [0.15, 0.2) is 0 Å². The van der Waals surface area contributed by atoms with Gasteiger partial charge in [-0.15, -0.1) is 0 Å². The number of rotatable bonds is 3. The molecule has 0 radical (unpaired) electrons. The summed E-state index contributed by atoms with van der Waals surface area (Å²) in [4.78, 5) is 14.1. The van der Waals surface area contributed by atoms with Gasteiger partial charge in [0, 0.05) is 18.7 Å². The maximum atomic E-state index is 12.2. The monoisotopic (exact) mass is 247 g/mol. The van der Waals surface area contributed by atoms with Gasteiger partial charge in [0.1, 0.15) is 0 Å². The average Bonchev–Trinajstić information content (AvgIpc) is 2.31. The molecule has 18 heavy (non-hydrogen) atoms. The van der Waals surface area contributed by atoms with Crippen LogP contribution in [0.3, 0.4) is 0 Å². The SMILES string of the molecule is CC(C)(C)OCCN1CCc2ccccc2C1=O. The van der Waals surface area contributed by atoms with Crippen molar-refractivity contribution in [1.29, 1.82) is 0 Å². The predicted octanol–water partition coefficient (Wildman–Crippen LogP) is 2.50. The van der Waals surface area contributed by atoms with E-state index < -0.39 is 0 Å². The fourth-order valence-electron chi connectivity index (χ4n) is 2.15. The number of fused-ring (bicyclic) bond motifs is 1. The maximum absolute atomic E-state index is 12.2. The van der Waals surface area contributed by atoms with Crippen LogP contribution >= 0.6 is 0 Å². The highest BCUT2D eigenvalue weighted by Gasteiger charge is 2.23. The summed E-state index contributed by atoms with van der Waals surface area (Å²) < 4.78 is 5.67. The largest absolute Gasteiger partial charge is 0.374 e. The van der Waals surface area contributed by atoms with E-state index in [-0.39, 0.29) is 11.5 Å². The van der Waals surface area contributed by atoms with E-state index in [1.165, 1.54) is 0 Å². The minimum absolute atomic E-state index is 0.134. The van der Waals surface area contributed by atoms with Gasteiger partial charge < -0.3 is 9.64 Å². The number of carbonyl (C=O) groups excluding carboxylic acids is 1. The molecule has 2 rings (SSSR count). The van der Waals surface area contributed by atoms with Crippen LogP contribution in [0, 0.1) is 0 Å². The van der Waals surface area contributed by atoms with Crippen molar-refractivity contribution >= 4 is 5.91 Å². The van der Waals surface area contributed by atoms with Crippen molar-refractivity contribution in [3.8, 4) is 0 Å². The van der Waals surface area contributed by atoms with Crippen LogP contribution in [-0.4, -0.2) is 36.1 Å². The van der Waals surface area contributed by atoms with E-state index in [0.29, 0.717) is 13.2 Å². The minimum atomic E-state index is -0.142. The Labute approximate surface area is 109 Å². The van der Waals surface area contributed by atoms with Crippen LogP contribution in [0.1, 0.15) is 36.7 Å². The highest BCUT2D eigenvalue weighted by atomic mass is 16.5. The smallest absolute Gasteiger partial charge is 0.254 e. The molecule has 3 heteroatoms. The second kappa shape index (κ2) is 5.11. The first-order valence-electron chi connectivity index (χ1n) is 6.48. The molecule has 1 amide bonds. The summed E-state index contributed by atoms with van der Waals surface area (Å²) in [6.07, 6.45) is 0.942. The Hall–Kier alpha value is -1.35. The summed E-state index contributed by atoms with van der Waals surface area (Å²) in [6.45, 7) is 8.15. The fraction of sp³-hybridized carbons (Fsp3) is 0.533. The second-order valence-electron chi connectivity index (χ2n) is 5.66. The van der Waals surface area contributed by atoms with Crippen LogP contribution in [0.4, 0.5) is 0 Å². The molecular weight excluding hydrogens is 226 g/mol. The normalized spacial score (nSPS) is 15.7. The van der Waals surface area contributed by atoms with Gasteiger partial charge in [-0.3, -0.25) is 4.79 Å². The minimum Gasteiger partial charge on any atom is -0.374 e. The summed E-state index contributed by atoms with van der Waals surface area (Å²) in [5.74, 6) is 0.134. The van der Waals surface area contributed by atoms with Crippen LogP contribution in [0.5, 0.6) is 0 Å². The lowest BCUT2D eigenvalue weighted by molar-refractivity contribution is -0.0121. The highest BCUT2D eigenvalue weighted by Crippen LogP contribution is 2.18. The molecule has 0 bridgehead atoms. The quantitative estimate of drug-likeness (QED) is 0.821. The lowest BCUT2D eigenvalue weighted by Crippen LogP contribution is -2.40. The summed E-state index contributed by atoms with van der Waals surface area (Å²) in [5.41, 5.74) is 1.87. The molecule has 1 aromatic carbocycles. The Balaban J connectivity index is 1.96. The second-order valence-corrected chi connectivity index (χ2v) is 5.66. The van der Waals surface area contributed by atoms with Gasteiger partial charge in [0.25, 0.3) is 5.91 Å². The Morgan fingerprint density at radius 1 is 1.28 bits per heavy atom. The van der Waals surface area contributed by atoms with Gasteiger partial charge in [-0.2, -0.15) is 0 Å². The van der Waals surface area contributed by atoms with E-state index in [9.17, 15) is 4.79 Å². The number of carbonyl (C=O) groups is 1. The molecule has 1 heterocycles. The van der Waals surface area contributed by atoms with Crippen LogP contribution in [0.25, 0.3) is 0 Å². The maximum Gasteiger partial charge on any atom is 0.254 e. The van der Waals surface area contributed by atoms with Crippen LogP contribution in [-0.2, 0) is 11.2 Å². The van der Waals surface area contributed by atoms with E-state index >= 15 is 0 Å². The van der Waals surface area contributed by atoms with Gasteiger partial charge in [0.05, 0.1) is 12.2 Å². The van der Waals surface area contributed by atoms with Gasteiger partial charge in [-0.1, -0.05) is 18.2 Å². The van der Waals surface area contributed by atoms with E-state index in [1.54, 1.807) is 0 Å². The molecule has 1 aromatic rings. The lowest BCUT2D eigenvalue weighted by atomic mass is 9.99. The molecular formula is C15H21NO2. The van der Waals surface area contributed by atoms with Crippen molar-refractivity contribution in [2.75, 3.05) is 19.7 Å². The predicted molar refractivity (Wildman–Crippen MR) is 71.8 cm³/mol. The molecule has 0 spiro atoms. The molecule has 3 nitrogen and oxygen atoms in total. The topological polar surface area (TPSA) is 29.5 Å². The van der Waals surface area contributed by atoms with Crippen molar-refractivity contribution in [1.82, 2.24) is 4.90 Å². The Morgan fingerprint density at radius 3 is 2.72 bits per heavy atom. The number of hydrogen-bond acceptors (Lipinski definition) is 2. The summed E-state index contributed by atoms with van der Waals surface area (Å²) >= 11 is 0. The molecule has 98 valence electrons. The number of hydrogen-bond donors (Lipinski definition) is 0. The first kappa shape index (κ1) is 13.1. The first-order chi connectivity index (χ1) is 8.47. The molecule has 1 aliphatic rings. The zero-order valence-corrected chi connectivity index (χ0v) is 11.4. The number of benzene rings is 1. The highest BCUT2D eigenvalue weighted by molar-refractivity contribution is 5.96. The van der Waals surface area contributed by atoms with Gasteiger partial charge in [-0.25, -0.2) is 0 Å². The third kappa shape index (κ3) is 3.10. The van der Waals surface area contributed by atoms with E-state index in [0.717, 1.165) is 24.1 Å². The standard InChI is InChI=1S/C15H21NO2/c1-15(2,3)18-11-10-16-9-8-12-6-4-5-7-13(12)14(16)17/h4-7H,8-11H2,1-3H3. The lowest BCUT2D eigenvalue weighted by Gasteiger charge is -2.29. The van der Waals surface area contributed by atoms with Crippen LogP contribution in [0.2, 0.25) is 0 Å². The average molecular weight is 247 g/mol. The Kier molecular flexibility index (Phi) is 3.71. The van der Waals surface area contributed by atoms with E-state index in [2.05, 4.69) is 0 Å². The van der Waals surface area contributed by atoms with Gasteiger partial charge >= 0.3 is 0 Å². The molecule has 0 saturated heterocycles. The molecule has 0 atom stereocenters. The van der Waals surface area contributed by atoms with Crippen molar-refractivity contribution in [2.24, 2.45) is 0 Å². The summed E-state index contributed by atoms with van der Waals surface area (Å²) in [5, 5.41) is 0. The molecule has 0 saturated carbocycles. The van der Waals surface area contributed by atoms with Crippen molar-refractivity contribution in [3.05, 3.63) is 35.4 Å². The number of ether oxygens (including phenoxy) is 1. The Bertz CT molecular complexity index is 434. The Morgan fingerprint density at radius 2 is 2.00 bits per heavy atom. The fourth-order valence-corrected chi connectivity index (χ4v) is 2.15. The number of nitrogens with zero attached hydrogens (tertiary/aromatic N) is 1. The summed E-state index contributed by atoms with van der Waals surface area (Å²) in [6, 6.07) is 7.86. The van der Waals surface area contributed by atoms with E-state index in [1.807, 2.05) is 49.9 Å². The van der Waals surface area contributed by atoms with E-state index in [4.69, 9.17) is 4.74 Å².